The Kier molecular flexibility index (Phi) is 5.04. The van der Waals surface area contributed by atoms with Gasteiger partial charge < -0.3 is 15.2 Å². The normalized spacial score (nSPS) is 11.2. The fourth-order valence-corrected chi connectivity index (χ4v) is 1.83. The highest BCUT2D eigenvalue weighted by Gasteiger charge is 2.30. The summed E-state index contributed by atoms with van der Waals surface area (Å²) in [6, 6.07) is 2.61. The van der Waals surface area contributed by atoms with E-state index < -0.39 is 18.8 Å². The van der Waals surface area contributed by atoms with Crippen LogP contribution in [-0.4, -0.2) is 30.4 Å². The molecule has 0 spiro atoms. The topological polar surface area (TPSA) is 58.6 Å². The first-order chi connectivity index (χ1) is 8.76. The molecule has 0 saturated heterocycles. The number of hydrogen-bond acceptors (Lipinski definition) is 3. The summed E-state index contributed by atoms with van der Waals surface area (Å²) in [5.41, 5.74) is -0.129. The van der Waals surface area contributed by atoms with Crippen molar-refractivity contribution in [3.05, 3.63) is 22.2 Å². The van der Waals surface area contributed by atoms with Crippen LogP contribution in [0.4, 0.5) is 18.9 Å². The molecule has 0 aliphatic heterocycles. The van der Waals surface area contributed by atoms with Crippen LogP contribution >= 0.6 is 15.9 Å². The fraction of sp³-hybridized carbons (Fsp3) is 0.364. The van der Waals surface area contributed by atoms with E-state index in [-0.39, 0.29) is 21.5 Å². The number of rotatable bonds is 5. The zero-order valence-electron chi connectivity index (χ0n) is 9.84. The Labute approximate surface area is 115 Å². The van der Waals surface area contributed by atoms with Gasteiger partial charge in [-0.15, -0.1) is 0 Å². The summed E-state index contributed by atoms with van der Waals surface area (Å²) in [4.78, 5) is 11.0. The van der Waals surface area contributed by atoms with Crippen molar-refractivity contribution in [2.24, 2.45) is 0 Å². The molecule has 0 amide bonds. The number of ether oxygens (including phenoxy) is 1. The smallest absolute Gasteiger partial charge is 0.422 e. The van der Waals surface area contributed by atoms with Crippen LogP contribution in [0.25, 0.3) is 0 Å². The number of halogens is 4. The number of carbonyl (C=O) groups is 1. The van der Waals surface area contributed by atoms with E-state index in [1.807, 2.05) is 0 Å². The van der Waals surface area contributed by atoms with Crippen LogP contribution in [0.1, 0.15) is 17.3 Å². The van der Waals surface area contributed by atoms with Gasteiger partial charge in [0, 0.05) is 6.54 Å². The molecule has 1 aromatic carbocycles. The lowest BCUT2D eigenvalue weighted by Gasteiger charge is -2.17. The van der Waals surface area contributed by atoms with Crippen LogP contribution in [0.5, 0.6) is 5.75 Å². The predicted molar refractivity (Wildman–Crippen MR) is 66.8 cm³/mol. The van der Waals surface area contributed by atoms with Gasteiger partial charge in [-0.05, 0) is 35.0 Å². The maximum absolute atomic E-state index is 12.2. The molecule has 0 radical (unpaired) electrons. The van der Waals surface area contributed by atoms with Crippen LogP contribution < -0.4 is 10.1 Å². The van der Waals surface area contributed by atoms with E-state index in [0.29, 0.717) is 6.54 Å². The van der Waals surface area contributed by atoms with Crippen molar-refractivity contribution >= 4 is 27.6 Å². The van der Waals surface area contributed by atoms with Crippen molar-refractivity contribution in [1.29, 1.82) is 0 Å². The van der Waals surface area contributed by atoms with E-state index in [1.165, 1.54) is 12.1 Å². The third-order valence-corrected chi connectivity index (χ3v) is 2.70. The third kappa shape index (κ3) is 4.30. The summed E-state index contributed by atoms with van der Waals surface area (Å²) in [7, 11) is 0. The standard InChI is InChI=1S/C11H11BrF3NO3/c1-2-16-8-6(10(17)18)3-4-7(12)9(8)19-5-11(13,14)15/h3-4,16H,2,5H2,1H3,(H,17,18). The van der Waals surface area contributed by atoms with Crippen molar-refractivity contribution in [1.82, 2.24) is 0 Å². The highest BCUT2D eigenvalue weighted by Crippen LogP contribution is 2.37. The van der Waals surface area contributed by atoms with E-state index in [9.17, 15) is 18.0 Å². The Bertz CT molecular complexity index is 477. The van der Waals surface area contributed by atoms with Gasteiger partial charge in [0.25, 0.3) is 0 Å². The summed E-state index contributed by atoms with van der Waals surface area (Å²) >= 11 is 3.04. The van der Waals surface area contributed by atoms with Crippen molar-refractivity contribution in [2.45, 2.75) is 13.1 Å². The van der Waals surface area contributed by atoms with Gasteiger partial charge in [-0.2, -0.15) is 13.2 Å². The van der Waals surface area contributed by atoms with Gasteiger partial charge in [0.1, 0.15) is 0 Å². The average Bonchev–Trinajstić information content (AvgIpc) is 2.27. The number of carboxylic acid groups (broad SMARTS) is 1. The van der Waals surface area contributed by atoms with Gasteiger partial charge in [-0.25, -0.2) is 4.79 Å². The summed E-state index contributed by atoms with van der Waals surface area (Å²) in [5.74, 6) is -1.42. The number of benzene rings is 1. The zero-order valence-corrected chi connectivity index (χ0v) is 11.4. The van der Waals surface area contributed by atoms with Crippen molar-refractivity contribution < 1.29 is 27.8 Å². The number of nitrogens with one attached hydrogen (secondary N) is 1. The first kappa shape index (κ1) is 15.6. The van der Waals surface area contributed by atoms with Gasteiger partial charge in [0.2, 0.25) is 0 Å². The summed E-state index contributed by atoms with van der Waals surface area (Å²) in [6.07, 6.45) is -4.50. The van der Waals surface area contributed by atoms with Crippen LogP contribution in [0.2, 0.25) is 0 Å². The van der Waals surface area contributed by atoms with E-state index in [1.54, 1.807) is 6.92 Å². The highest BCUT2D eigenvalue weighted by atomic mass is 79.9. The minimum absolute atomic E-state index is 0.0219. The predicted octanol–water partition coefficient (Wildman–Crippen LogP) is 3.52. The van der Waals surface area contributed by atoms with Crippen LogP contribution in [0, 0.1) is 0 Å². The average molecular weight is 342 g/mol. The fourth-order valence-electron chi connectivity index (χ4n) is 1.38. The maximum atomic E-state index is 12.2. The Morgan fingerprint density at radius 1 is 1.47 bits per heavy atom. The lowest BCUT2D eigenvalue weighted by molar-refractivity contribution is -0.153. The Balaban J connectivity index is 3.19. The summed E-state index contributed by atoms with van der Waals surface area (Å²) in [6.45, 7) is 0.548. The summed E-state index contributed by atoms with van der Waals surface area (Å²) < 4.78 is 41.4. The molecule has 0 aromatic heterocycles. The molecule has 0 heterocycles. The Morgan fingerprint density at radius 3 is 2.58 bits per heavy atom. The van der Waals surface area contributed by atoms with Gasteiger partial charge >= 0.3 is 12.1 Å². The van der Waals surface area contributed by atoms with Crippen LogP contribution in [-0.2, 0) is 0 Å². The lowest BCUT2D eigenvalue weighted by Crippen LogP contribution is -2.20. The van der Waals surface area contributed by atoms with Crippen LogP contribution in [0.15, 0.2) is 16.6 Å². The second kappa shape index (κ2) is 6.14. The van der Waals surface area contributed by atoms with Gasteiger partial charge in [-0.1, -0.05) is 0 Å². The van der Waals surface area contributed by atoms with Crippen molar-refractivity contribution in [3.8, 4) is 5.75 Å². The molecule has 0 saturated carbocycles. The monoisotopic (exact) mass is 341 g/mol. The van der Waals surface area contributed by atoms with Gasteiger partial charge in [0.15, 0.2) is 12.4 Å². The van der Waals surface area contributed by atoms with E-state index in [4.69, 9.17) is 5.11 Å². The van der Waals surface area contributed by atoms with Crippen molar-refractivity contribution in [3.63, 3.8) is 0 Å². The molecule has 0 aliphatic rings. The van der Waals surface area contributed by atoms with E-state index in [0.717, 1.165) is 0 Å². The molecular formula is C11H11BrF3NO3. The Hall–Kier alpha value is -1.44. The molecule has 2 N–H and O–H groups in total. The highest BCUT2D eigenvalue weighted by molar-refractivity contribution is 9.10. The molecule has 1 aromatic rings. The molecule has 0 bridgehead atoms. The minimum Gasteiger partial charge on any atom is -0.481 e. The van der Waals surface area contributed by atoms with E-state index >= 15 is 0 Å². The number of carboxylic acids is 1. The molecular weight excluding hydrogens is 331 g/mol. The van der Waals surface area contributed by atoms with Gasteiger partial charge in [-0.3, -0.25) is 0 Å². The molecule has 0 aliphatic carbocycles. The molecule has 0 unspecified atom stereocenters. The van der Waals surface area contributed by atoms with Crippen molar-refractivity contribution in [2.75, 3.05) is 18.5 Å². The first-order valence-electron chi connectivity index (χ1n) is 5.25. The van der Waals surface area contributed by atoms with Gasteiger partial charge in [0.05, 0.1) is 15.7 Å². The SMILES string of the molecule is CCNc1c(C(=O)O)ccc(Br)c1OCC(F)(F)F. The molecule has 4 nitrogen and oxygen atoms in total. The second-order valence-electron chi connectivity index (χ2n) is 3.54. The van der Waals surface area contributed by atoms with E-state index in [2.05, 4.69) is 26.0 Å². The van der Waals surface area contributed by atoms with Crippen LogP contribution in [0.3, 0.4) is 0 Å². The summed E-state index contributed by atoms with van der Waals surface area (Å²) in [5, 5.41) is 11.7. The minimum atomic E-state index is -4.50. The quantitative estimate of drug-likeness (QED) is 0.860. The first-order valence-corrected chi connectivity index (χ1v) is 6.04. The third-order valence-electron chi connectivity index (χ3n) is 2.07. The number of alkyl halides is 3. The number of aromatic carboxylic acids is 1. The Morgan fingerprint density at radius 2 is 2.11 bits per heavy atom. The lowest BCUT2D eigenvalue weighted by atomic mass is 10.1. The molecule has 19 heavy (non-hydrogen) atoms. The maximum Gasteiger partial charge on any atom is 0.422 e. The largest absolute Gasteiger partial charge is 0.481 e. The zero-order chi connectivity index (χ0) is 14.6. The molecule has 0 atom stereocenters. The number of anilines is 1. The molecule has 8 heteroatoms. The number of hydrogen-bond donors (Lipinski definition) is 2. The molecule has 0 fully saturated rings. The molecule has 106 valence electrons. The second-order valence-corrected chi connectivity index (χ2v) is 4.39. The molecule has 1 rings (SSSR count).